The molecule has 0 aromatic heterocycles. The number of aliphatic carboxylic acids is 2. The normalized spacial score (nSPS) is 14.6. The molecule has 1 heterocycles. The first-order chi connectivity index (χ1) is 12.8. The van der Waals surface area contributed by atoms with E-state index in [1.165, 1.54) is 0 Å². The minimum atomic E-state index is -1.82. The average molecular weight is 381 g/mol. The summed E-state index contributed by atoms with van der Waals surface area (Å²) in [7, 11) is 1.62. The van der Waals surface area contributed by atoms with Gasteiger partial charge in [-0.15, -0.1) is 0 Å². The summed E-state index contributed by atoms with van der Waals surface area (Å²) in [6, 6.07) is 7.44. The van der Waals surface area contributed by atoms with Gasteiger partial charge in [-0.25, -0.2) is 9.59 Å². The second-order valence-electron chi connectivity index (χ2n) is 5.92. The first-order valence-corrected chi connectivity index (χ1v) is 8.70. The number of likely N-dealkylation sites (N-methyl/N-ethyl adjacent to an activating group) is 1. The van der Waals surface area contributed by atoms with Crippen LogP contribution in [0.2, 0.25) is 0 Å². The predicted molar refractivity (Wildman–Crippen MR) is 100 cm³/mol. The molecular formula is C18H27N3O6. The highest BCUT2D eigenvalue weighted by Gasteiger charge is 2.16. The smallest absolute Gasteiger partial charge is 0.414 e. The number of benzene rings is 1. The molecule has 27 heavy (non-hydrogen) atoms. The quantitative estimate of drug-likeness (QED) is 0.620. The van der Waals surface area contributed by atoms with E-state index in [0.29, 0.717) is 6.42 Å². The van der Waals surface area contributed by atoms with Crippen LogP contribution < -0.4 is 10.1 Å². The number of ether oxygens (including phenoxy) is 1. The summed E-state index contributed by atoms with van der Waals surface area (Å²) in [5, 5.41) is 17.7. The van der Waals surface area contributed by atoms with Crippen molar-refractivity contribution in [3.05, 3.63) is 24.3 Å². The molecule has 0 radical (unpaired) electrons. The summed E-state index contributed by atoms with van der Waals surface area (Å²) in [6.45, 7) is 8.46. The summed E-state index contributed by atoms with van der Waals surface area (Å²) in [5.41, 5.74) is 0.787. The first-order valence-electron chi connectivity index (χ1n) is 8.70. The number of carbonyl (C=O) groups excluding carboxylic acids is 1. The zero-order valence-corrected chi connectivity index (χ0v) is 15.7. The Bertz CT molecular complexity index is 617. The lowest BCUT2D eigenvalue weighted by molar-refractivity contribution is -0.159. The van der Waals surface area contributed by atoms with Crippen LogP contribution in [0.25, 0.3) is 0 Å². The fourth-order valence-electron chi connectivity index (χ4n) is 2.51. The highest BCUT2D eigenvalue weighted by Crippen LogP contribution is 2.16. The summed E-state index contributed by atoms with van der Waals surface area (Å²) in [5.74, 6) is -2.84. The SMILES string of the molecule is CCN1CCN(CCC(=O)Nc2cccc(OC)c2)CC1.O=C(O)C(=O)O. The van der Waals surface area contributed by atoms with Gasteiger partial charge in [-0.1, -0.05) is 13.0 Å². The van der Waals surface area contributed by atoms with Crippen molar-refractivity contribution in [2.45, 2.75) is 13.3 Å². The van der Waals surface area contributed by atoms with Gasteiger partial charge in [0.15, 0.2) is 0 Å². The Morgan fingerprint density at radius 1 is 1.07 bits per heavy atom. The number of methoxy groups -OCH3 is 1. The molecule has 9 nitrogen and oxygen atoms in total. The number of rotatable bonds is 6. The van der Waals surface area contributed by atoms with Crippen LogP contribution in [0.15, 0.2) is 24.3 Å². The highest BCUT2D eigenvalue weighted by molar-refractivity contribution is 6.27. The summed E-state index contributed by atoms with van der Waals surface area (Å²) in [4.78, 5) is 35.0. The van der Waals surface area contributed by atoms with Gasteiger partial charge in [0.25, 0.3) is 0 Å². The molecule has 1 amide bonds. The number of carboxylic acid groups (broad SMARTS) is 2. The largest absolute Gasteiger partial charge is 0.497 e. The summed E-state index contributed by atoms with van der Waals surface area (Å²) >= 11 is 0. The molecular weight excluding hydrogens is 354 g/mol. The number of carbonyl (C=O) groups is 3. The lowest BCUT2D eigenvalue weighted by atomic mass is 10.2. The van der Waals surface area contributed by atoms with E-state index in [-0.39, 0.29) is 5.91 Å². The van der Waals surface area contributed by atoms with Crippen LogP contribution in [-0.4, -0.2) is 84.2 Å². The molecule has 2 rings (SSSR count). The van der Waals surface area contributed by atoms with Crippen LogP contribution in [0.3, 0.4) is 0 Å². The molecule has 1 aromatic carbocycles. The van der Waals surface area contributed by atoms with E-state index in [2.05, 4.69) is 22.0 Å². The molecule has 1 fully saturated rings. The van der Waals surface area contributed by atoms with Crippen molar-refractivity contribution in [1.82, 2.24) is 9.80 Å². The molecule has 0 aliphatic carbocycles. The minimum Gasteiger partial charge on any atom is -0.497 e. The van der Waals surface area contributed by atoms with Gasteiger partial charge in [0.1, 0.15) is 5.75 Å². The van der Waals surface area contributed by atoms with E-state index in [4.69, 9.17) is 24.5 Å². The lowest BCUT2D eigenvalue weighted by Gasteiger charge is -2.33. The van der Waals surface area contributed by atoms with Crippen molar-refractivity contribution >= 4 is 23.5 Å². The van der Waals surface area contributed by atoms with E-state index in [1.54, 1.807) is 7.11 Å². The Morgan fingerprint density at radius 3 is 2.19 bits per heavy atom. The number of anilines is 1. The number of hydrogen-bond acceptors (Lipinski definition) is 6. The number of nitrogens with zero attached hydrogens (tertiary/aromatic N) is 2. The van der Waals surface area contributed by atoms with Crippen molar-refractivity contribution in [3.8, 4) is 5.75 Å². The van der Waals surface area contributed by atoms with Gasteiger partial charge in [0, 0.05) is 50.9 Å². The van der Waals surface area contributed by atoms with E-state index in [1.807, 2.05) is 24.3 Å². The third kappa shape index (κ3) is 9.02. The van der Waals surface area contributed by atoms with Crippen LogP contribution in [0, 0.1) is 0 Å². The molecule has 1 aromatic rings. The van der Waals surface area contributed by atoms with Crippen molar-refractivity contribution in [2.75, 3.05) is 51.7 Å². The summed E-state index contributed by atoms with van der Waals surface area (Å²) in [6.07, 6.45) is 0.531. The maximum Gasteiger partial charge on any atom is 0.414 e. The molecule has 0 bridgehead atoms. The molecule has 0 spiro atoms. The third-order valence-electron chi connectivity index (χ3n) is 4.10. The first kappa shape index (κ1) is 22.4. The third-order valence-corrected chi connectivity index (χ3v) is 4.10. The zero-order chi connectivity index (χ0) is 20.2. The number of amides is 1. The number of piperazine rings is 1. The Labute approximate surface area is 158 Å². The Balaban J connectivity index is 0.000000527. The molecule has 1 aliphatic rings. The van der Waals surface area contributed by atoms with Crippen LogP contribution >= 0.6 is 0 Å². The van der Waals surface area contributed by atoms with E-state index in [0.717, 1.165) is 50.7 Å². The Hall–Kier alpha value is -2.65. The molecule has 1 aliphatic heterocycles. The maximum absolute atomic E-state index is 12.0. The van der Waals surface area contributed by atoms with Gasteiger partial charge in [0.2, 0.25) is 5.91 Å². The molecule has 0 unspecified atom stereocenters. The van der Waals surface area contributed by atoms with Crippen molar-refractivity contribution in [2.24, 2.45) is 0 Å². The molecule has 0 saturated carbocycles. The Morgan fingerprint density at radius 2 is 1.67 bits per heavy atom. The number of hydrogen-bond donors (Lipinski definition) is 3. The van der Waals surface area contributed by atoms with Gasteiger partial charge >= 0.3 is 11.9 Å². The van der Waals surface area contributed by atoms with Crippen LogP contribution in [0.1, 0.15) is 13.3 Å². The fourth-order valence-corrected chi connectivity index (χ4v) is 2.51. The number of carboxylic acids is 2. The average Bonchev–Trinajstić information content (AvgIpc) is 2.67. The zero-order valence-electron chi connectivity index (χ0n) is 15.7. The van der Waals surface area contributed by atoms with Gasteiger partial charge < -0.3 is 30.1 Å². The van der Waals surface area contributed by atoms with Crippen LogP contribution in [0.4, 0.5) is 5.69 Å². The van der Waals surface area contributed by atoms with Crippen LogP contribution in [-0.2, 0) is 14.4 Å². The molecule has 9 heteroatoms. The van der Waals surface area contributed by atoms with Crippen molar-refractivity contribution in [3.63, 3.8) is 0 Å². The number of nitrogens with one attached hydrogen (secondary N) is 1. The Kier molecular flexibility index (Phi) is 9.84. The second-order valence-corrected chi connectivity index (χ2v) is 5.92. The van der Waals surface area contributed by atoms with Gasteiger partial charge in [-0.3, -0.25) is 4.79 Å². The van der Waals surface area contributed by atoms with E-state index < -0.39 is 11.9 Å². The molecule has 150 valence electrons. The summed E-state index contributed by atoms with van der Waals surface area (Å²) < 4.78 is 5.15. The monoisotopic (exact) mass is 381 g/mol. The molecule has 3 N–H and O–H groups in total. The highest BCUT2D eigenvalue weighted by atomic mass is 16.5. The van der Waals surface area contributed by atoms with Gasteiger partial charge in [-0.2, -0.15) is 0 Å². The van der Waals surface area contributed by atoms with Crippen molar-refractivity contribution in [1.29, 1.82) is 0 Å². The standard InChI is InChI=1S/C16H25N3O2.C2H2O4/c1-3-18-9-11-19(12-10-18)8-7-16(20)17-14-5-4-6-15(13-14)21-2;3-1(4)2(5)6/h4-6,13H,3,7-12H2,1-2H3,(H,17,20);(H,3,4)(H,5,6). The van der Waals surface area contributed by atoms with E-state index in [9.17, 15) is 4.79 Å². The second kappa shape index (κ2) is 11.9. The fraction of sp³-hybridized carbons (Fsp3) is 0.500. The van der Waals surface area contributed by atoms with E-state index >= 15 is 0 Å². The molecule has 0 atom stereocenters. The topological polar surface area (TPSA) is 119 Å². The van der Waals surface area contributed by atoms with Crippen molar-refractivity contribution < 1.29 is 29.3 Å². The lowest BCUT2D eigenvalue weighted by Crippen LogP contribution is -2.46. The van der Waals surface area contributed by atoms with Crippen LogP contribution in [0.5, 0.6) is 5.75 Å². The van der Waals surface area contributed by atoms with Gasteiger partial charge in [0.05, 0.1) is 7.11 Å². The minimum absolute atomic E-state index is 0.0566. The maximum atomic E-state index is 12.0. The predicted octanol–water partition coefficient (Wildman–Crippen LogP) is 0.817. The molecule has 1 saturated heterocycles. The van der Waals surface area contributed by atoms with Gasteiger partial charge in [-0.05, 0) is 18.7 Å².